The summed E-state index contributed by atoms with van der Waals surface area (Å²) in [5.74, 6) is 1.87. The Morgan fingerprint density at radius 3 is 1.13 bits per heavy atom. The Hall–Kier alpha value is -11.0. The maximum absolute atomic E-state index is 12.1. The van der Waals surface area contributed by atoms with Gasteiger partial charge in [-0.15, -0.1) is 0 Å². The van der Waals surface area contributed by atoms with E-state index in [1.54, 1.807) is 40.4 Å². The molecule has 6 N–H and O–H groups in total. The lowest BCUT2D eigenvalue weighted by Gasteiger charge is -2.21. The number of hydrogen-bond acceptors (Lipinski definition) is 27. The van der Waals surface area contributed by atoms with Gasteiger partial charge in [0.1, 0.15) is 54.6 Å². The minimum Gasteiger partial charge on any atom is -0.565 e. The molecule has 4 fully saturated rings. The molecule has 0 bridgehead atoms. The molecule has 12 aromatic rings. The van der Waals surface area contributed by atoms with E-state index in [0.29, 0.717) is 60.6 Å². The topological polar surface area (TPSA) is 486 Å². The molecule has 4 aliphatic rings. The highest BCUT2D eigenvalue weighted by Crippen LogP contribution is 2.42. The van der Waals surface area contributed by atoms with Gasteiger partial charge in [-0.1, -0.05) is 58.8 Å². The molecule has 4 aliphatic carbocycles. The molecule has 594 valence electrons. The Kier molecular flexibility index (Phi) is 31.0. The van der Waals surface area contributed by atoms with Crippen molar-refractivity contribution in [1.82, 2.24) is 98.1 Å². The van der Waals surface area contributed by atoms with Crippen LogP contribution in [-0.2, 0) is 41.6 Å². The number of nitrogens with zero attached hydrogens (tertiary/aromatic N) is 22. The van der Waals surface area contributed by atoms with Gasteiger partial charge in [-0.25, -0.2) is 55.6 Å². The van der Waals surface area contributed by atoms with Gasteiger partial charge in [0.05, 0.1) is 127 Å². The number of esters is 1. The molecule has 16 rings (SSSR count). The molecule has 12 heterocycles. The third-order valence-electron chi connectivity index (χ3n) is 20.9. The van der Waals surface area contributed by atoms with Crippen molar-refractivity contribution in [3.63, 3.8) is 0 Å². The molecule has 0 aliphatic heterocycles. The second-order valence-corrected chi connectivity index (χ2v) is 29.8. The Morgan fingerprint density at radius 2 is 0.841 bits per heavy atom. The molecule has 0 amide bonds. The van der Waals surface area contributed by atoms with Gasteiger partial charge in [0, 0.05) is 99.5 Å². The summed E-state index contributed by atoms with van der Waals surface area (Å²) >= 11 is 0. The van der Waals surface area contributed by atoms with Crippen LogP contribution < -0.4 is 4.89 Å². The first kappa shape index (κ1) is 84.4. The van der Waals surface area contributed by atoms with Crippen LogP contribution in [0.1, 0.15) is 182 Å². The number of aromatic amines is 2. The quantitative estimate of drug-likeness (QED) is 0.0159. The maximum Gasteiger partial charge on any atom is 0.521 e. The normalized spacial score (nSPS) is 15.6. The zero-order valence-electron chi connectivity index (χ0n) is 62.2. The fraction of sp³-hybridized carbons (Fsp3) is 0.461. The average molecular weight is 1580 g/mol. The molecule has 0 saturated heterocycles. The highest BCUT2D eigenvalue weighted by Gasteiger charge is 2.32. The maximum atomic E-state index is 12.1. The highest BCUT2D eigenvalue weighted by atomic mass is 31.1. The van der Waals surface area contributed by atoms with Gasteiger partial charge in [-0.05, 0) is 125 Å². The highest BCUT2D eigenvalue weighted by molar-refractivity contribution is 7.30. The number of rotatable bonds is 22. The van der Waals surface area contributed by atoms with Gasteiger partial charge >= 0.3 is 14.2 Å². The first-order valence-corrected chi connectivity index (χ1v) is 38.9. The van der Waals surface area contributed by atoms with E-state index in [9.17, 15) is 30.9 Å². The predicted molar refractivity (Wildman–Crippen MR) is 416 cm³/mol. The van der Waals surface area contributed by atoms with Crippen molar-refractivity contribution in [3.05, 3.63) is 124 Å². The molecule has 12 aromatic heterocycles. The second kappa shape index (κ2) is 41.5. The summed E-state index contributed by atoms with van der Waals surface area (Å²) in [5.41, 5.74) is 9.56. The number of aliphatic hydroxyl groups is 1. The summed E-state index contributed by atoms with van der Waals surface area (Å²) < 4.78 is 34.8. The standard InChI is InChI=1S/C23H28N6O2.C18H20N6O.2C17H18N6.CH4.HO4P.H3O4P.H2/c1-23(2,3)22(30)31-15-28-11-9-18-20(25-14-26-21(18)28)17-12-27-29(13-17)19(8-10-24)16-6-4-5-7-16;19-7-5-16(13-3-1-2-4-13)24-10-14(9-22-24)17-15-6-8-23(12-25)18(15)21-11-20-17;2*18-7-5-15(12-3-1-2-4-12)23-10-13(9-22-23)16-14-6-8-19-17(14)21-11-20-16;;1-4-5(2)3;1-3-5-4-2;/h9,11-14,16,19H,4-8,15H2,1-3H3;6,8-11,13,16,25H,1-5,12H2;2*6,8-12,15H,1-5H2,(H,19,20,21);1H4;1H;1-2,5H;1H/t19-;16-;2*15-;;;;/m1111..../s1. The number of aromatic nitrogens is 20. The number of carbonyl (C=O) groups is 1. The van der Waals surface area contributed by atoms with Crippen LogP contribution in [0.15, 0.2) is 124 Å². The van der Waals surface area contributed by atoms with E-state index in [1.165, 1.54) is 103 Å². The number of H-pyrrole nitrogens is 2. The summed E-state index contributed by atoms with van der Waals surface area (Å²) in [5, 5.41) is 89.9. The van der Waals surface area contributed by atoms with Crippen molar-refractivity contribution in [3.8, 4) is 69.3 Å². The number of aliphatic hydroxyl groups excluding tert-OH is 1. The van der Waals surface area contributed by atoms with Crippen molar-refractivity contribution in [1.29, 1.82) is 21.0 Å². The molecular weight excluding hydrogens is 1490 g/mol. The lowest BCUT2D eigenvalue weighted by molar-refractivity contribution is -0.244. The monoisotopic (exact) mass is 1580 g/mol. The largest absolute Gasteiger partial charge is 0.565 e. The number of fused-ring (bicyclic) bond motifs is 4. The average Bonchev–Trinajstić information content (AvgIpc) is 1.67. The van der Waals surface area contributed by atoms with Crippen molar-refractivity contribution in [2.24, 2.45) is 29.1 Å². The summed E-state index contributed by atoms with van der Waals surface area (Å²) in [6, 6.07) is 17.6. The first-order valence-electron chi connectivity index (χ1n) is 37.0. The van der Waals surface area contributed by atoms with Crippen molar-refractivity contribution >= 4 is 67.4 Å². The van der Waals surface area contributed by atoms with Gasteiger partial charge in [0.25, 0.3) is 0 Å². The number of nitriles is 4. The van der Waals surface area contributed by atoms with Crippen LogP contribution in [0.4, 0.5) is 0 Å². The Balaban J connectivity index is 0.000000167. The van der Waals surface area contributed by atoms with E-state index in [4.69, 9.17) is 30.0 Å². The van der Waals surface area contributed by atoms with Gasteiger partial charge in [0.2, 0.25) is 9.03 Å². The van der Waals surface area contributed by atoms with Crippen LogP contribution in [0.25, 0.3) is 89.2 Å². The van der Waals surface area contributed by atoms with E-state index in [1.807, 2.05) is 120 Å². The lowest BCUT2D eigenvalue weighted by atomic mass is 9.96. The molecule has 35 nitrogen and oxygen atoms in total. The Labute approximate surface area is 655 Å². The van der Waals surface area contributed by atoms with Crippen LogP contribution in [-0.4, -0.2) is 125 Å². The van der Waals surface area contributed by atoms with E-state index >= 15 is 0 Å². The summed E-state index contributed by atoms with van der Waals surface area (Å²) in [6.45, 7) is 5.46. The molecular formula is C76H94N24O11P2. The molecule has 4 saturated carbocycles. The SMILES string of the molecule is C.CC(C)(C)C(=O)OCn1ccc2c(-c3cnn([C@H](CC#N)C4CCCC4)c3)ncnc21.N#CC[C@H](C1CCCC1)n1cc(-c2ncnc3[nH]ccc23)cn1.N#CC[C@H](C1CCCC1)n1cc(-c2ncnc3[nH]ccc23)cn1.N#CC[C@H](C1CCCC1)n1cc(-c2ncnc3c2ccn3CO)cn1.O=[P+]([O-])OO.OOPOO.[HH]. The fourth-order valence-corrected chi connectivity index (χ4v) is 15.5. The van der Waals surface area contributed by atoms with Crippen LogP contribution in [0.3, 0.4) is 0 Å². The van der Waals surface area contributed by atoms with E-state index < -0.39 is 22.7 Å². The van der Waals surface area contributed by atoms with Gasteiger partial charge in [-0.2, -0.15) is 50.8 Å². The fourth-order valence-electron chi connectivity index (χ4n) is 15.5. The van der Waals surface area contributed by atoms with Crippen LogP contribution in [0.2, 0.25) is 0 Å². The summed E-state index contributed by atoms with van der Waals surface area (Å²) in [7, 11) is -3.73. The molecule has 1 unspecified atom stereocenters. The molecule has 0 radical (unpaired) electrons. The number of carbonyl (C=O) groups excluding carboxylic acids is 1. The minimum absolute atomic E-state index is 0. The van der Waals surface area contributed by atoms with Gasteiger partial charge in [0.15, 0.2) is 6.73 Å². The molecule has 113 heavy (non-hydrogen) atoms. The van der Waals surface area contributed by atoms with Gasteiger partial charge < -0.3 is 29.3 Å². The van der Waals surface area contributed by atoms with Gasteiger partial charge in [-0.3, -0.25) is 28.1 Å². The minimum atomic E-state index is -3.04. The predicted octanol–water partition coefficient (Wildman–Crippen LogP) is 15.2. The molecule has 37 heteroatoms. The third kappa shape index (κ3) is 21.2. The van der Waals surface area contributed by atoms with E-state index in [0.717, 1.165) is 90.7 Å². The number of nitrogens with one attached hydrogen (secondary N) is 2. The summed E-state index contributed by atoms with van der Waals surface area (Å²) in [4.78, 5) is 62.1. The lowest BCUT2D eigenvalue weighted by Crippen LogP contribution is -2.23. The third-order valence-corrected chi connectivity index (χ3v) is 21.2. The van der Waals surface area contributed by atoms with Crippen LogP contribution in [0.5, 0.6) is 0 Å². The Morgan fingerprint density at radius 1 is 0.531 bits per heavy atom. The van der Waals surface area contributed by atoms with Crippen LogP contribution in [0, 0.1) is 74.4 Å². The van der Waals surface area contributed by atoms with E-state index in [2.05, 4.69) is 109 Å². The van der Waals surface area contributed by atoms with Crippen molar-refractivity contribution < 1.29 is 55.3 Å². The zero-order chi connectivity index (χ0) is 78.9. The van der Waals surface area contributed by atoms with Crippen molar-refractivity contribution in [2.45, 2.75) is 194 Å². The van der Waals surface area contributed by atoms with Crippen LogP contribution >= 0.6 is 17.3 Å². The summed E-state index contributed by atoms with van der Waals surface area (Å²) in [6.07, 6.45) is 50.1. The molecule has 0 aromatic carbocycles. The smallest absolute Gasteiger partial charge is 0.521 e. The van der Waals surface area contributed by atoms with Crippen molar-refractivity contribution in [2.75, 3.05) is 0 Å². The number of ether oxygens (including phenoxy) is 1. The van der Waals surface area contributed by atoms with E-state index in [-0.39, 0.29) is 52.5 Å². The Bertz CT molecular complexity index is 5060. The number of hydrogen-bond donors (Lipinski definition) is 6. The second-order valence-electron chi connectivity index (χ2n) is 28.7. The zero-order valence-corrected chi connectivity index (χ0v) is 64.0. The first-order chi connectivity index (χ1) is 54.6. The molecule has 5 atom stereocenters. The molecule has 0 spiro atoms.